The third-order valence-electron chi connectivity index (χ3n) is 7.69. The standard InChI is InChI=1S/C31H33N3O9/c32-31(33)34-13-12-19(35)29-27(40)26(39)28(41)30(43-29)42-20-14-16(11-10-15-6-2-1-3-7-15)21-22(25(20)38)24(37)18-9-5-4-8-17(18)23(21)36/h1-9,14,19,26-30,35,38-41H,10-13H2,(H4,32,33,34)/t19-,26+,27+,28-,29-,30+/m0/s1. The highest BCUT2D eigenvalue weighted by Crippen LogP contribution is 2.42. The number of aryl methyl sites for hydroxylation is 2. The minimum absolute atomic E-state index is 0.00570. The van der Waals surface area contributed by atoms with Crippen molar-refractivity contribution in [3.8, 4) is 11.5 Å². The van der Waals surface area contributed by atoms with Crippen molar-refractivity contribution >= 4 is 17.5 Å². The van der Waals surface area contributed by atoms with Gasteiger partial charge in [0.05, 0.1) is 11.7 Å². The third kappa shape index (κ3) is 5.96. The smallest absolute Gasteiger partial charge is 0.229 e. The van der Waals surface area contributed by atoms with Crippen LogP contribution in [0.15, 0.2) is 65.7 Å². The van der Waals surface area contributed by atoms with Gasteiger partial charge in [-0.15, -0.1) is 0 Å². The van der Waals surface area contributed by atoms with Crippen molar-refractivity contribution in [2.45, 2.75) is 56.1 Å². The van der Waals surface area contributed by atoms with E-state index >= 15 is 0 Å². The van der Waals surface area contributed by atoms with E-state index in [0.29, 0.717) is 18.4 Å². The van der Waals surface area contributed by atoms with Crippen molar-refractivity contribution in [3.63, 3.8) is 0 Å². The van der Waals surface area contributed by atoms with Gasteiger partial charge >= 0.3 is 0 Å². The van der Waals surface area contributed by atoms with Gasteiger partial charge in [-0.2, -0.15) is 0 Å². The first-order valence-electron chi connectivity index (χ1n) is 13.8. The van der Waals surface area contributed by atoms with Gasteiger partial charge < -0.3 is 46.5 Å². The Morgan fingerprint density at radius 2 is 1.51 bits per heavy atom. The number of guanidine groups is 1. The van der Waals surface area contributed by atoms with E-state index in [2.05, 4.69) is 4.99 Å². The molecule has 6 atom stereocenters. The maximum absolute atomic E-state index is 13.6. The fourth-order valence-electron chi connectivity index (χ4n) is 5.44. The van der Waals surface area contributed by atoms with Crippen molar-refractivity contribution in [1.29, 1.82) is 0 Å². The van der Waals surface area contributed by atoms with E-state index in [4.69, 9.17) is 20.9 Å². The summed E-state index contributed by atoms with van der Waals surface area (Å²) in [6, 6.07) is 17.2. The van der Waals surface area contributed by atoms with Gasteiger partial charge in [0, 0.05) is 23.2 Å². The fraction of sp³-hybridized carbons (Fsp3) is 0.323. The summed E-state index contributed by atoms with van der Waals surface area (Å²) in [4.78, 5) is 31.0. The normalized spacial score (nSPS) is 23.7. The number of aromatic hydroxyl groups is 1. The van der Waals surface area contributed by atoms with E-state index in [9.17, 15) is 35.1 Å². The van der Waals surface area contributed by atoms with Crippen molar-refractivity contribution in [2.75, 3.05) is 6.54 Å². The lowest BCUT2D eigenvalue weighted by molar-refractivity contribution is -0.288. The average molecular weight is 592 g/mol. The lowest BCUT2D eigenvalue weighted by atomic mass is 9.80. The zero-order valence-corrected chi connectivity index (χ0v) is 23.0. The molecule has 0 spiro atoms. The molecule has 0 unspecified atom stereocenters. The number of hydrogen-bond acceptors (Lipinski definition) is 10. The Balaban J connectivity index is 1.50. The van der Waals surface area contributed by atoms with E-state index in [1.54, 1.807) is 18.2 Å². The van der Waals surface area contributed by atoms with Crippen LogP contribution in [0.2, 0.25) is 0 Å². The van der Waals surface area contributed by atoms with Crippen LogP contribution in [0, 0.1) is 0 Å². The van der Waals surface area contributed by atoms with Crippen LogP contribution in [0.4, 0.5) is 0 Å². The molecule has 0 bridgehead atoms. The molecule has 9 N–H and O–H groups in total. The summed E-state index contributed by atoms with van der Waals surface area (Å²) in [5.74, 6) is -2.14. The highest BCUT2D eigenvalue weighted by molar-refractivity contribution is 6.30. The maximum atomic E-state index is 13.6. The SMILES string of the molecule is NC(N)=NCC[C@H](O)[C@@H]1O[C@@H](Oc2cc(CCc3ccccc3)c3c(c2O)C(=O)c2ccccc2C3=O)[C@@H](O)[C@H](O)[C@H]1O. The van der Waals surface area contributed by atoms with Gasteiger partial charge in [0.2, 0.25) is 6.29 Å². The number of rotatable bonds is 9. The Morgan fingerprint density at radius 1 is 0.884 bits per heavy atom. The summed E-state index contributed by atoms with van der Waals surface area (Å²) in [6.45, 7) is -0.00570. The molecular weight excluding hydrogens is 558 g/mol. The molecule has 1 fully saturated rings. The number of hydrogen-bond donors (Lipinski definition) is 7. The summed E-state index contributed by atoms with van der Waals surface area (Å²) in [5.41, 5.74) is 12.2. The van der Waals surface area contributed by atoms with E-state index in [1.807, 2.05) is 30.3 Å². The van der Waals surface area contributed by atoms with E-state index in [1.165, 1.54) is 12.1 Å². The van der Waals surface area contributed by atoms with Crippen LogP contribution in [0.3, 0.4) is 0 Å². The van der Waals surface area contributed by atoms with Crippen molar-refractivity contribution in [1.82, 2.24) is 0 Å². The van der Waals surface area contributed by atoms with Gasteiger partial charge in [-0.3, -0.25) is 14.6 Å². The van der Waals surface area contributed by atoms with Crippen LogP contribution in [-0.2, 0) is 17.6 Å². The number of phenolic OH excluding ortho intramolecular Hbond substituents is 1. The molecule has 3 aromatic carbocycles. The van der Waals surface area contributed by atoms with Crippen LogP contribution in [0.1, 0.15) is 49.4 Å². The van der Waals surface area contributed by atoms with Gasteiger partial charge in [-0.05, 0) is 36.5 Å². The number of ether oxygens (including phenoxy) is 2. The minimum atomic E-state index is -1.81. The highest BCUT2D eigenvalue weighted by Gasteiger charge is 2.48. The molecule has 3 aromatic rings. The maximum Gasteiger partial charge on any atom is 0.229 e. The molecule has 1 aliphatic carbocycles. The first-order valence-corrected chi connectivity index (χ1v) is 13.8. The summed E-state index contributed by atoms with van der Waals surface area (Å²) < 4.78 is 11.5. The van der Waals surface area contributed by atoms with Gasteiger partial charge in [-0.25, -0.2) is 0 Å². The van der Waals surface area contributed by atoms with Crippen LogP contribution in [0.25, 0.3) is 0 Å². The molecule has 5 rings (SSSR count). The highest BCUT2D eigenvalue weighted by atomic mass is 16.7. The number of aliphatic hydroxyl groups excluding tert-OH is 4. The number of aliphatic hydroxyl groups is 4. The van der Waals surface area contributed by atoms with E-state index in [-0.39, 0.29) is 46.9 Å². The minimum Gasteiger partial charge on any atom is -0.504 e. The largest absolute Gasteiger partial charge is 0.504 e. The molecule has 0 amide bonds. The number of carbonyl (C=O) groups is 2. The summed E-state index contributed by atoms with van der Waals surface area (Å²) >= 11 is 0. The van der Waals surface area contributed by atoms with Gasteiger partial charge in [0.15, 0.2) is 29.0 Å². The predicted octanol–water partition coefficient (Wildman–Crippen LogP) is 0.164. The summed E-state index contributed by atoms with van der Waals surface area (Å²) in [5, 5.41) is 53.7. The molecule has 1 saturated heterocycles. The zero-order chi connectivity index (χ0) is 30.8. The second kappa shape index (κ2) is 12.5. The molecule has 12 heteroatoms. The molecule has 43 heavy (non-hydrogen) atoms. The van der Waals surface area contributed by atoms with E-state index in [0.717, 1.165) is 5.56 Å². The molecule has 0 aromatic heterocycles. The first-order chi connectivity index (χ1) is 20.6. The van der Waals surface area contributed by atoms with Crippen molar-refractivity contribution in [3.05, 3.63) is 94.0 Å². The molecule has 1 heterocycles. The van der Waals surface area contributed by atoms with Gasteiger partial charge in [0.1, 0.15) is 24.4 Å². The fourth-order valence-corrected chi connectivity index (χ4v) is 5.44. The Bertz CT molecular complexity index is 1540. The number of ketones is 2. The quantitative estimate of drug-likeness (QED) is 0.103. The monoisotopic (exact) mass is 591 g/mol. The summed E-state index contributed by atoms with van der Waals surface area (Å²) in [7, 11) is 0. The van der Waals surface area contributed by atoms with Gasteiger partial charge in [-0.1, -0.05) is 54.6 Å². The van der Waals surface area contributed by atoms with Crippen molar-refractivity contribution < 1.29 is 44.6 Å². The molecule has 1 aliphatic heterocycles. The number of benzene rings is 3. The Morgan fingerprint density at radius 3 is 2.16 bits per heavy atom. The van der Waals surface area contributed by atoms with Crippen LogP contribution in [-0.4, -0.2) is 86.4 Å². The lowest BCUT2D eigenvalue weighted by Crippen LogP contribution is -2.62. The molecule has 12 nitrogen and oxygen atoms in total. The summed E-state index contributed by atoms with van der Waals surface area (Å²) in [6.07, 6.45) is -9.05. The third-order valence-corrected chi connectivity index (χ3v) is 7.69. The number of fused-ring (bicyclic) bond motifs is 2. The number of aliphatic imine (C=N–C) groups is 1. The topological polar surface area (TPSA) is 218 Å². The molecule has 226 valence electrons. The van der Waals surface area contributed by atoms with Crippen molar-refractivity contribution in [2.24, 2.45) is 16.5 Å². The second-order valence-electron chi connectivity index (χ2n) is 10.5. The molecule has 2 aliphatic rings. The van der Waals surface area contributed by atoms with Crippen LogP contribution >= 0.6 is 0 Å². The average Bonchev–Trinajstić information content (AvgIpc) is 3.00. The Hall–Kier alpha value is -4.33. The first kappa shape index (κ1) is 30.1. The predicted molar refractivity (Wildman–Crippen MR) is 154 cm³/mol. The Labute approximate surface area is 246 Å². The van der Waals surface area contributed by atoms with Gasteiger partial charge in [0.25, 0.3) is 0 Å². The van der Waals surface area contributed by atoms with E-state index < -0.39 is 54.1 Å². The molecular formula is C31H33N3O9. The Kier molecular flexibility index (Phi) is 8.76. The number of nitrogens with zero attached hydrogens (tertiary/aromatic N) is 1. The second-order valence-corrected chi connectivity index (χ2v) is 10.5. The number of phenols is 1. The molecule has 0 saturated carbocycles. The lowest BCUT2D eigenvalue weighted by Gasteiger charge is -2.42. The van der Waals surface area contributed by atoms with Crippen LogP contribution < -0.4 is 16.2 Å². The number of nitrogens with two attached hydrogens (primary N) is 2. The van der Waals surface area contributed by atoms with Crippen LogP contribution in [0.5, 0.6) is 11.5 Å². The number of carbonyl (C=O) groups excluding carboxylic acids is 2. The zero-order valence-electron chi connectivity index (χ0n) is 23.0. The molecule has 0 radical (unpaired) electrons.